The molecule has 0 aromatic heterocycles. The van der Waals surface area contributed by atoms with E-state index in [9.17, 15) is 9.90 Å². The van der Waals surface area contributed by atoms with Crippen LogP contribution in [0.4, 0.5) is 0 Å². The molecule has 0 bridgehead atoms. The molecule has 1 aromatic carbocycles. The second-order valence-electron chi connectivity index (χ2n) is 5.60. The number of aliphatic hydroxyl groups is 1. The van der Waals surface area contributed by atoms with Crippen molar-refractivity contribution in [2.45, 2.75) is 58.0 Å². The van der Waals surface area contributed by atoms with Gasteiger partial charge in [-0.1, -0.05) is 50.1 Å². The van der Waals surface area contributed by atoms with Gasteiger partial charge in [-0.2, -0.15) is 0 Å². The largest absolute Gasteiger partial charge is 0.493 e. The van der Waals surface area contributed by atoms with E-state index in [1.807, 2.05) is 36.4 Å². The van der Waals surface area contributed by atoms with E-state index in [1.165, 1.54) is 0 Å². The number of benzene rings is 1. The summed E-state index contributed by atoms with van der Waals surface area (Å²) in [5, 5.41) is 18.9. The Labute approximate surface area is 138 Å². The lowest BCUT2D eigenvalue weighted by atomic mass is 10.0. The highest BCUT2D eigenvalue weighted by atomic mass is 16.5. The van der Waals surface area contributed by atoms with Crippen molar-refractivity contribution in [1.82, 2.24) is 0 Å². The molecule has 0 saturated heterocycles. The molecule has 0 amide bonds. The fourth-order valence-electron chi connectivity index (χ4n) is 2.26. The van der Waals surface area contributed by atoms with Crippen molar-refractivity contribution in [1.29, 1.82) is 0 Å². The van der Waals surface area contributed by atoms with Crippen LogP contribution in [0, 0.1) is 0 Å². The zero-order valence-electron chi connectivity index (χ0n) is 13.9. The summed E-state index contributed by atoms with van der Waals surface area (Å²) in [6.45, 7) is 2.82. The maximum absolute atomic E-state index is 10.4. The first-order valence-electron chi connectivity index (χ1n) is 8.41. The van der Waals surface area contributed by atoms with Crippen LogP contribution in [0.15, 0.2) is 36.4 Å². The molecule has 0 heterocycles. The number of hydrogen-bond donors (Lipinski definition) is 2. The summed E-state index contributed by atoms with van der Waals surface area (Å²) in [6.07, 6.45) is 8.57. The number of ether oxygens (including phenoxy) is 1. The van der Waals surface area contributed by atoms with Crippen LogP contribution >= 0.6 is 0 Å². The van der Waals surface area contributed by atoms with E-state index in [4.69, 9.17) is 9.84 Å². The quantitative estimate of drug-likeness (QED) is 0.440. The molecule has 1 rings (SSSR count). The molecule has 4 nitrogen and oxygen atoms in total. The first-order valence-corrected chi connectivity index (χ1v) is 8.41. The highest BCUT2D eigenvalue weighted by Crippen LogP contribution is 2.27. The van der Waals surface area contributed by atoms with Crippen molar-refractivity contribution in [3.05, 3.63) is 42.0 Å². The molecule has 0 aliphatic rings. The number of carbonyl (C=O) groups is 1. The van der Waals surface area contributed by atoms with E-state index < -0.39 is 12.1 Å². The minimum absolute atomic E-state index is 0.182. The van der Waals surface area contributed by atoms with Crippen LogP contribution in [0.25, 0.3) is 0 Å². The molecule has 2 N–H and O–H groups in total. The Balaban J connectivity index is 2.43. The van der Waals surface area contributed by atoms with Gasteiger partial charge in [0.2, 0.25) is 0 Å². The Bertz CT molecular complexity index is 482. The van der Waals surface area contributed by atoms with Crippen molar-refractivity contribution in [2.75, 3.05) is 6.61 Å². The minimum atomic E-state index is -0.771. The fraction of sp³-hybridized carbons (Fsp3) is 0.526. The van der Waals surface area contributed by atoms with Crippen molar-refractivity contribution in [2.24, 2.45) is 0 Å². The number of carboxylic acid groups (broad SMARTS) is 1. The number of aliphatic carboxylic acids is 1. The SMILES string of the molecule is CCCCCOc1ccccc1C(O)C/C=C\CCCC(=O)O. The molecule has 1 aromatic rings. The third-order valence-corrected chi connectivity index (χ3v) is 3.57. The number of hydrogen-bond acceptors (Lipinski definition) is 3. The van der Waals surface area contributed by atoms with Gasteiger partial charge in [-0.25, -0.2) is 0 Å². The Morgan fingerprint density at radius 2 is 2.00 bits per heavy atom. The van der Waals surface area contributed by atoms with Crippen LogP contribution in [0.3, 0.4) is 0 Å². The molecule has 1 atom stereocenters. The van der Waals surface area contributed by atoms with Crippen LogP contribution in [0.5, 0.6) is 5.75 Å². The standard InChI is InChI=1S/C19H28O4/c1-2-3-10-15-23-18-13-9-8-11-16(18)17(20)12-6-4-5-7-14-19(21)22/h4,6,8-9,11,13,17,20H,2-3,5,7,10,12,14-15H2,1H3,(H,21,22)/b6-4-. The molecule has 0 radical (unpaired) electrons. The molecule has 23 heavy (non-hydrogen) atoms. The molecule has 4 heteroatoms. The molecule has 128 valence electrons. The number of carboxylic acids is 1. The van der Waals surface area contributed by atoms with Gasteiger partial charge in [-0.05, 0) is 31.7 Å². The van der Waals surface area contributed by atoms with E-state index in [1.54, 1.807) is 0 Å². The summed E-state index contributed by atoms with van der Waals surface area (Å²) in [7, 11) is 0. The third kappa shape index (κ3) is 8.41. The molecule has 0 aliphatic heterocycles. The summed E-state index contributed by atoms with van der Waals surface area (Å²) < 4.78 is 5.78. The maximum Gasteiger partial charge on any atom is 0.303 e. The Morgan fingerprint density at radius 3 is 2.74 bits per heavy atom. The number of allylic oxidation sites excluding steroid dienone is 1. The zero-order valence-corrected chi connectivity index (χ0v) is 13.9. The lowest BCUT2D eigenvalue weighted by Gasteiger charge is -2.15. The van der Waals surface area contributed by atoms with E-state index in [2.05, 4.69) is 6.92 Å². The van der Waals surface area contributed by atoms with Crippen molar-refractivity contribution in [3.63, 3.8) is 0 Å². The van der Waals surface area contributed by atoms with Gasteiger partial charge in [-0.15, -0.1) is 0 Å². The molecule has 0 spiro atoms. The van der Waals surface area contributed by atoms with Crippen molar-refractivity contribution in [3.8, 4) is 5.75 Å². The highest BCUT2D eigenvalue weighted by molar-refractivity contribution is 5.66. The normalized spacial score (nSPS) is 12.4. The van der Waals surface area contributed by atoms with Crippen LogP contribution in [-0.4, -0.2) is 22.8 Å². The predicted molar refractivity (Wildman–Crippen MR) is 91.7 cm³/mol. The number of unbranched alkanes of at least 4 members (excludes halogenated alkanes) is 3. The van der Waals surface area contributed by atoms with Crippen LogP contribution in [0.1, 0.15) is 63.5 Å². The van der Waals surface area contributed by atoms with Crippen LogP contribution < -0.4 is 4.74 Å². The lowest BCUT2D eigenvalue weighted by molar-refractivity contribution is -0.137. The predicted octanol–water partition coefficient (Wildman–Crippen LogP) is 4.49. The van der Waals surface area contributed by atoms with Gasteiger partial charge in [0.15, 0.2) is 0 Å². The molecule has 0 fully saturated rings. The maximum atomic E-state index is 10.4. The van der Waals surface area contributed by atoms with Crippen LogP contribution in [0.2, 0.25) is 0 Å². The molecular weight excluding hydrogens is 292 g/mol. The molecule has 1 unspecified atom stereocenters. The van der Waals surface area contributed by atoms with Gasteiger partial charge in [0.1, 0.15) is 5.75 Å². The second-order valence-corrected chi connectivity index (χ2v) is 5.60. The first kappa shape index (κ1) is 19.2. The first-order chi connectivity index (χ1) is 11.1. The van der Waals surface area contributed by atoms with Crippen LogP contribution in [-0.2, 0) is 4.79 Å². The number of rotatable bonds is 12. The summed E-state index contributed by atoms with van der Waals surface area (Å²) in [5.41, 5.74) is 0.805. The minimum Gasteiger partial charge on any atom is -0.493 e. The Kier molecular flexibility index (Phi) is 9.80. The molecular formula is C19H28O4. The summed E-state index contributed by atoms with van der Waals surface area (Å²) in [5.74, 6) is -0.0250. The molecule has 0 saturated carbocycles. The summed E-state index contributed by atoms with van der Waals surface area (Å²) >= 11 is 0. The van der Waals surface area contributed by atoms with Gasteiger partial charge in [0, 0.05) is 12.0 Å². The molecule has 0 aliphatic carbocycles. The smallest absolute Gasteiger partial charge is 0.303 e. The Hall–Kier alpha value is -1.81. The number of para-hydroxylation sites is 1. The Morgan fingerprint density at radius 1 is 1.22 bits per heavy atom. The van der Waals surface area contributed by atoms with E-state index >= 15 is 0 Å². The van der Waals surface area contributed by atoms with Crippen molar-refractivity contribution >= 4 is 5.97 Å². The monoisotopic (exact) mass is 320 g/mol. The lowest BCUT2D eigenvalue weighted by Crippen LogP contribution is -2.03. The van der Waals surface area contributed by atoms with Gasteiger partial charge in [-0.3, -0.25) is 4.79 Å². The average Bonchev–Trinajstić information content (AvgIpc) is 2.54. The second kappa shape index (κ2) is 11.7. The van der Waals surface area contributed by atoms with Gasteiger partial charge >= 0.3 is 5.97 Å². The van der Waals surface area contributed by atoms with E-state index in [0.717, 1.165) is 30.6 Å². The topological polar surface area (TPSA) is 66.8 Å². The highest BCUT2D eigenvalue weighted by Gasteiger charge is 2.11. The summed E-state index contributed by atoms with van der Waals surface area (Å²) in [6, 6.07) is 7.58. The van der Waals surface area contributed by atoms with Gasteiger partial charge in [0.25, 0.3) is 0 Å². The fourth-order valence-corrected chi connectivity index (χ4v) is 2.26. The van der Waals surface area contributed by atoms with Crippen molar-refractivity contribution < 1.29 is 19.7 Å². The zero-order chi connectivity index (χ0) is 16.9. The van der Waals surface area contributed by atoms with E-state index in [0.29, 0.717) is 25.9 Å². The summed E-state index contributed by atoms with van der Waals surface area (Å²) in [4.78, 5) is 10.4. The average molecular weight is 320 g/mol. The van der Waals surface area contributed by atoms with Gasteiger partial charge < -0.3 is 14.9 Å². The third-order valence-electron chi connectivity index (χ3n) is 3.57. The van der Waals surface area contributed by atoms with Gasteiger partial charge in [0.05, 0.1) is 12.7 Å². The van der Waals surface area contributed by atoms with E-state index in [-0.39, 0.29) is 6.42 Å². The number of aliphatic hydroxyl groups excluding tert-OH is 1.